The number of rotatable bonds is 5. The second kappa shape index (κ2) is 8.82. The van der Waals surface area contributed by atoms with E-state index in [1.165, 1.54) is 24.4 Å². The molecule has 1 aliphatic rings. The summed E-state index contributed by atoms with van der Waals surface area (Å²) in [7, 11) is 1.28. The van der Waals surface area contributed by atoms with Crippen molar-refractivity contribution in [3.8, 4) is 0 Å². The third kappa shape index (κ3) is 4.53. The lowest BCUT2D eigenvalue weighted by Crippen LogP contribution is -2.51. The SMILES string of the molecule is COC(=O)[C@H](CC(C)C)NC(=O)N1CCc2[nH]cnc2[C@@H]1c1ccc(Cl)cc1F. The lowest BCUT2D eigenvalue weighted by Gasteiger charge is -2.36. The maximum Gasteiger partial charge on any atom is 0.328 e. The van der Waals surface area contributed by atoms with Crippen LogP contribution in [0.15, 0.2) is 24.5 Å². The van der Waals surface area contributed by atoms with Crippen molar-refractivity contribution in [3.63, 3.8) is 0 Å². The third-order valence-corrected chi connectivity index (χ3v) is 5.17. The van der Waals surface area contributed by atoms with Crippen molar-refractivity contribution < 1.29 is 18.7 Å². The van der Waals surface area contributed by atoms with Crippen LogP contribution < -0.4 is 5.32 Å². The number of methoxy groups -OCH3 is 1. The number of esters is 1. The number of amides is 2. The summed E-state index contributed by atoms with van der Waals surface area (Å²) in [5.74, 6) is -0.871. The lowest BCUT2D eigenvalue weighted by molar-refractivity contribution is -0.143. The van der Waals surface area contributed by atoms with Crippen LogP contribution in [0.5, 0.6) is 0 Å². The molecule has 1 aliphatic heterocycles. The second-order valence-corrected chi connectivity index (χ2v) is 7.87. The molecule has 1 aromatic carbocycles. The monoisotopic (exact) mass is 422 g/mol. The summed E-state index contributed by atoms with van der Waals surface area (Å²) in [6.07, 6.45) is 2.50. The molecule has 0 spiro atoms. The van der Waals surface area contributed by atoms with Gasteiger partial charge in [-0.05, 0) is 24.5 Å². The molecule has 2 N–H and O–H groups in total. The minimum absolute atomic E-state index is 0.170. The number of urea groups is 1. The molecule has 2 amide bonds. The van der Waals surface area contributed by atoms with E-state index in [1.807, 2.05) is 13.8 Å². The molecule has 0 fully saturated rings. The van der Waals surface area contributed by atoms with Crippen molar-refractivity contribution in [2.75, 3.05) is 13.7 Å². The summed E-state index contributed by atoms with van der Waals surface area (Å²) in [5, 5.41) is 3.01. The zero-order chi connectivity index (χ0) is 21.1. The predicted octanol–water partition coefficient (Wildman–Crippen LogP) is 3.45. The second-order valence-electron chi connectivity index (χ2n) is 7.43. The van der Waals surface area contributed by atoms with Gasteiger partial charge >= 0.3 is 12.0 Å². The minimum atomic E-state index is -0.788. The molecule has 7 nitrogen and oxygen atoms in total. The number of ether oxygens (including phenoxy) is 1. The van der Waals surface area contributed by atoms with Crippen LogP contribution in [0, 0.1) is 11.7 Å². The zero-order valence-electron chi connectivity index (χ0n) is 16.5. The largest absolute Gasteiger partial charge is 0.467 e. The summed E-state index contributed by atoms with van der Waals surface area (Å²) in [4.78, 5) is 34.1. The van der Waals surface area contributed by atoms with E-state index in [0.717, 1.165) is 5.69 Å². The highest BCUT2D eigenvalue weighted by atomic mass is 35.5. The summed E-state index contributed by atoms with van der Waals surface area (Å²) in [6, 6.07) is 2.34. The molecule has 0 saturated carbocycles. The summed E-state index contributed by atoms with van der Waals surface area (Å²) >= 11 is 5.90. The Morgan fingerprint density at radius 3 is 2.86 bits per heavy atom. The van der Waals surface area contributed by atoms with Crippen LogP contribution in [0.1, 0.15) is 43.3 Å². The number of nitrogens with one attached hydrogen (secondary N) is 2. The molecular formula is C20H24ClFN4O3. The Bertz CT molecular complexity index is 902. The van der Waals surface area contributed by atoms with Crippen LogP contribution in [0.4, 0.5) is 9.18 Å². The van der Waals surface area contributed by atoms with Gasteiger partial charge in [-0.3, -0.25) is 0 Å². The minimum Gasteiger partial charge on any atom is -0.467 e. The van der Waals surface area contributed by atoms with E-state index in [1.54, 1.807) is 12.1 Å². The fourth-order valence-corrected chi connectivity index (χ4v) is 3.75. The molecule has 0 saturated heterocycles. The molecule has 0 radical (unpaired) electrons. The van der Waals surface area contributed by atoms with E-state index in [9.17, 15) is 14.0 Å². The van der Waals surface area contributed by atoms with Crippen molar-refractivity contribution in [1.82, 2.24) is 20.2 Å². The Labute approximate surface area is 173 Å². The molecule has 0 aliphatic carbocycles. The Hall–Kier alpha value is -2.61. The van der Waals surface area contributed by atoms with Crippen LogP contribution in [0.25, 0.3) is 0 Å². The predicted molar refractivity (Wildman–Crippen MR) is 106 cm³/mol. The Morgan fingerprint density at radius 2 is 2.21 bits per heavy atom. The number of halogens is 2. The third-order valence-electron chi connectivity index (χ3n) is 4.93. The molecule has 2 atom stereocenters. The molecule has 3 rings (SSSR count). The number of aromatic nitrogens is 2. The van der Waals surface area contributed by atoms with Gasteiger partial charge in [-0.2, -0.15) is 0 Å². The Morgan fingerprint density at radius 1 is 1.45 bits per heavy atom. The first-order valence-electron chi connectivity index (χ1n) is 9.43. The van der Waals surface area contributed by atoms with Crippen LogP contribution in [-0.2, 0) is 16.0 Å². The van der Waals surface area contributed by atoms with Crippen LogP contribution >= 0.6 is 11.6 Å². The first-order valence-corrected chi connectivity index (χ1v) is 9.81. The number of carbonyl (C=O) groups is 2. The normalized spacial score (nSPS) is 17.0. The first-order chi connectivity index (χ1) is 13.8. The molecule has 29 heavy (non-hydrogen) atoms. The number of benzene rings is 1. The number of fused-ring (bicyclic) bond motifs is 1. The number of aromatic amines is 1. The van der Waals surface area contributed by atoms with Gasteiger partial charge < -0.3 is 19.9 Å². The highest BCUT2D eigenvalue weighted by Gasteiger charge is 2.37. The molecule has 156 valence electrons. The number of hydrogen-bond donors (Lipinski definition) is 2. The Balaban J connectivity index is 1.93. The van der Waals surface area contributed by atoms with Gasteiger partial charge in [0.05, 0.1) is 19.1 Å². The van der Waals surface area contributed by atoms with Crippen molar-refractivity contribution in [1.29, 1.82) is 0 Å². The summed E-state index contributed by atoms with van der Waals surface area (Å²) < 4.78 is 19.6. The highest BCUT2D eigenvalue weighted by molar-refractivity contribution is 6.30. The van der Waals surface area contributed by atoms with Gasteiger partial charge in [0.25, 0.3) is 0 Å². The average molecular weight is 423 g/mol. The van der Waals surface area contributed by atoms with E-state index in [4.69, 9.17) is 16.3 Å². The maximum atomic E-state index is 14.7. The van der Waals surface area contributed by atoms with Gasteiger partial charge in [0.15, 0.2) is 0 Å². The van der Waals surface area contributed by atoms with Crippen molar-refractivity contribution in [3.05, 3.63) is 52.3 Å². The summed E-state index contributed by atoms with van der Waals surface area (Å²) in [6.45, 7) is 4.24. The fourth-order valence-electron chi connectivity index (χ4n) is 3.59. The van der Waals surface area contributed by atoms with E-state index in [2.05, 4.69) is 15.3 Å². The first kappa shape index (κ1) is 21.1. The maximum absolute atomic E-state index is 14.7. The average Bonchev–Trinajstić information content (AvgIpc) is 3.15. The van der Waals surface area contributed by atoms with Crippen LogP contribution in [0.3, 0.4) is 0 Å². The van der Waals surface area contributed by atoms with Crippen molar-refractivity contribution >= 4 is 23.6 Å². The zero-order valence-corrected chi connectivity index (χ0v) is 17.3. The molecule has 0 unspecified atom stereocenters. The van der Waals surface area contributed by atoms with Gasteiger partial charge in [0, 0.05) is 29.2 Å². The smallest absolute Gasteiger partial charge is 0.328 e. The van der Waals surface area contributed by atoms with E-state index in [0.29, 0.717) is 25.1 Å². The number of imidazole rings is 1. The molecule has 9 heteroatoms. The fraction of sp³-hybridized carbons (Fsp3) is 0.450. The van der Waals surface area contributed by atoms with Gasteiger partial charge in [-0.15, -0.1) is 0 Å². The van der Waals surface area contributed by atoms with E-state index in [-0.39, 0.29) is 16.5 Å². The molecule has 0 bridgehead atoms. The Kier molecular flexibility index (Phi) is 6.42. The van der Waals surface area contributed by atoms with Crippen molar-refractivity contribution in [2.24, 2.45) is 5.92 Å². The molecular weight excluding hydrogens is 399 g/mol. The van der Waals surface area contributed by atoms with Gasteiger partial charge in [-0.1, -0.05) is 31.5 Å². The van der Waals surface area contributed by atoms with Gasteiger partial charge in [0.1, 0.15) is 17.9 Å². The quantitative estimate of drug-likeness (QED) is 0.722. The van der Waals surface area contributed by atoms with Gasteiger partial charge in [0.2, 0.25) is 0 Å². The van der Waals surface area contributed by atoms with Crippen LogP contribution in [-0.4, -0.2) is 46.6 Å². The number of carbonyl (C=O) groups excluding carboxylic acids is 2. The molecule has 2 aromatic rings. The molecule has 2 heterocycles. The standard InChI is InChI=1S/C20H24ClFN4O3/c1-11(2)8-16(19(27)29-3)25-20(28)26-7-6-15-17(24-10-23-15)18(26)13-5-4-12(21)9-14(13)22/h4-5,9-11,16,18H,6-8H2,1-3H3,(H,23,24)(H,25,28)/t16-,18-/m0/s1. The topological polar surface area (TPSA) is 87.3 Å². The van der Waals surface area contributed by atoms with E-state index < -0.39 is 29.9 Å². The lowest BCUT2D eigenvalue weighted by atomic mass is 9.95. The molecule has 1 aromatic heterocycles. The van der Waals surface area contributed by atoms with E-state index >= 15 is 0 Å². The summed E-state index contributed by atoms with van der Waals surface area (Å²) in [5.41, 5.74) is 1.71. The highest BCUT2D eigenvalue weighted by Crippen LogP contribution is 2.35. The number of hydrogen-bond acceptors (Lipinski definition) is 4. The number of nitrogens with zero attached hydrogens (tertiary/aromatic N) is 2. The van der Waals surface area contributed by atoms with Crippen molar-refractivity contribution in [2.45, 2.75) is 38.8 Å². The number of H-pyrrole nitrogens is 1. The van der Waals surface area contributed by atoms with Gasteiger partial charge in [-0.25, -0.2) is 19.0 Å². The van der Waals surface area contributed by atoms with Crippen LogP contribution in [0.2, 0.25) is 5.02 Å².